The summed E-state index contributed by atoms with van der Waals surface area (Å²) in [5, 5.41) is 3.72. The van der Waals surface area contributed by atoms with Crippen molar-refractivity contribution in [2.45, 2.75) is 25.7 Å². The summed E-state index contributed by atoms with van der Waals surface area (Å²) < 4.78 is 0. The normalized spacial score (nSPS) is 14.2. The van der Waals surface area contributed by atoms with Crippen LogP contribution in [0, 0.1) is 0 Å². The monoisotopic (exact) mass is 390 g/mol. The van der Waals surface area contributed by atoms with Gasteiger partial charge >= 0.3 is 0 Å². The minimum absolute atomic E-state index is 0.0188. The lowest BCUT2D eigenvalue weighted by molar-refractivity contribution is -0.115. The molecule has 0 bridgehead atoms. The zero-order chi connectivity index (χ0) is 18.5. The summed E-state index contributed by atoms with van der Waals surface area (Å²) in [4.78, 5) is 26.7. The number of likely N-dealkylation sites (tertiary alicyclic amines) is 1. The second-order valence-electron chi connectivity index (χ2n) is 6.41. The molecule has 6 heteroatoms. The van der Waals surface area contributed by atoms with Gasteiger partial charge in [-0.25, -0.2) is 0 Å². The first-order valence-electron chi connectivity index (χ1n) is 8.66. The van der Waals surface area contributed by atoms with Crippen LogP contribution in [0.15, 0.2) is 42.5 Å². The van der Waals surface area contributed by atoms with Crippen LogP contribution in [0.5, 0.6) is 0 Å². The molecule has 0 radical (unpaired) electrons. The van der Waals surface area contributed by atoms with Gasteiger partial charge in [-0.1, -0.05) is 35.3 Å². The molecule has 1 aliphatic heterocycles. The van der Waals surface area contributed by atoms with Crippen molar-refractivity contribution in [1.82, 2.24) is 4.90 Å². The molecule has 0 unspecified atom stereocenters. The molecule has 0 atom stereocenters. The number of carbonyl (C=O) groups is 2. The van der Waals surface area contributed by atoms with E-state index < -0.39 is 0 Å². The maximum absolute atomic E-state index is 12.6. The second kappa shape index (κ2) is 8.56. The number of hydrogen-bond acceptors (Lipinski definition) is 2. The van der Waals surface area contributed by atoms with E-state index in [2.05, 4.69) is 5.32 Å². The first-order chi connectivity index (χ1) is 12.5. The van der Waals surface area contributed by atoms with Gasteiger partial charge in [-0.15, -0.1) is 0 Å². The van der Waals surface area contributed by atoms with Crippen LogP contribution >= 0.6 is 23.2 Å². The zero-order valence-electron chi connectivity index (χ0n) is 14.3. The van der Waals surface area contributed by atoms with E-state index in [4.69, 9.17) is 23.2 Å². The predicted octanol–water partition coefficient (Wildman–Crippen LogP) is 4.80. The summed E-state index contributed by atoms with van der Waals surface area (Å²) in [6.45, 7) is 1.60. The Morgan fingerprint density at radius 3 is 2.46 bits per heavy atom. The fourth-order valence-corrected chi connectivity index (χ4v) is 3.37. The highest BCUT2D eigenvalue weighted by Gasteiger charge is 2.18. The topological polar surface area (TPSA) is 49.4 Å². The van der Waals surface area contributed by atoms with E-state index in [1.54, 1.807) is 42.5 Å². The lowest BCUT2D eigenvalue weighted by Crippen LogP contribution is -2.35. The molecule has 136 valence electrons. The SMILES string of the molecule is O=C(Cc1ccc(Cl)c(Cl)c1)Nc1cccc(C(=O)N2CCCCC2)c1. The highest BCUT2D eigenvalue weighted by atomic mass is 35.5. The predicted molar refractivity (Wildman–Crippen MR) is 105 cm³/mol. The molecule has 4 nitrogen and oxygen atoms in total. The number of amides is 2. The number of piperidine rings is 1. The van der Waals surface area contributed by atoms with Crippen molar-refractivity contribution in [3.63, 3.8) is 0 Å². The fraction of sp³-hybridized carbons (Fsp3) is 0.300. The van der Waals surface area contributed by atoms with Crippen LogP contribution in [0.3, 0.4) is 0 Å². The highest BCUT2D eigenvalue weighted by Crippen LogP contribution is 2.23. The van der Waals surface area contributed by atoms with Crippen molar-refractivity contribution in [2.24, 2.45) is 0 Å². The summed E-state index contributed by atoms with van der Waals surface area (Å²) in [6.07, 6.45) is 3.45. The van der Waals surface area contributed by atoms with Gasteiger partial charge in [0.1, 0.15) is 0 Å². The number of nitrogens with one attached hydrogen (secondary N) is 1. The van der Waals surface area contributed by atoms with Crippen molar-refractivity contribution < 1.29 is 9.59 Å². The molecule has 1 saturated heterocycles. The van der Waals surface area contributed by atoms with Crippen LogP contribution in [0.1, 0.15) is 35.2 Å². The summed E-state index contributed by atoms with van der Waals surface area (Å²) in [5.41, 5.74) is 1.98. The lowest BCUT2D eigenvalue weighted by atomic mass is 10.1. The molecule has 1 N–H and O–H groups in total. The number of benzene rings is 2. The van der Waals surface area contributed by atoms with E-state index in [0.717, 1.165) is 31.5 Å². The Hall–Kier alpha value is -2.04. The van der Waals surface area contributed by atoms with Gasteiger partial charge in [-0.05, 0) is 55.2 Å². The van der Waals surface area contributed by atoms with E-state index in [1.165, 1.54) is 6.42 Å². The van der Waals surface area contributed by atoms with Gasteiger partial charge in [0, 0.05) is 24.3 Å². The highest BCUT2D eigenvalue weighted by molar-refractivity contribution is 6.42. The van der Waals surface area contributed by atoms with E-state index >= 15 is 0 Å². The van der Waals surface area contributed by atoms with Crippen LogP contribution < -0.4 is 5.32 Å². The number of nitrogens with zero attached hydrogens (tertiary/aromatic N) is 1. The third-order valence-electron chi connectivity index (χ3n) is 4.39. The zero-order valence-corrected chi connectivity index (χ0v) is 15.8. The van der Waals surface area contributed by atoms with E-state index in [9.17, 15) is 9.59 Å². The van der Waals surface area contributed by atoms with E-state index in [0.29, 0.717) is 21.3 Å². The molecule has 0 saturated carbocycles. The van der Waals surface area contributed by atoms with Crippen LogP contribution in [0.4, 0.5) is 5.69 Å². The van der Waals surface area contributed by atoms with Crippen molar-refractivity contribution in [1.29, 1.82) is 0 Å². The van der Waals surface area contributed by atoms with E-state index in [-0.39, 0.29) is 18.2 Å². The van der Waals surface area contributed by atoms with Gasteiger partial charge < -0.3 is 10.2 Å². The molecule has 1 fully saturated rings. The third kappa shape index (κ3) is 4.77. The molecule has 2 amide bonds. The number of rotatable bonds is 4. The van der Waals surface area contributed by atoms with Crippen molar-refractivity contribution in [2.75, 3.05) is 18.4 Å². The van der Waals surface area contributed by atoms with Crippen molar-refractivity contribution >= 4 is 40.7 Å². The summed E-state index contributed by atoms with van der Waals surface area (Å²) in [5.74, 6) is -0.156. The maximum atomic E-state index is 12.6. The van der Waals surface area contributed by atoms with Crippen molar-refractivity contribution in [3.8, 4) is 0 Å². The van der Waals surface area contributed by atoms with Crippen LogP contribution in [0.25, 0.3) is 0 Å². The molecule has 1 aliphatic rings. The summed E-state index contributed by atoms with van der Waals surface area (Å²) >= 11 is 11.9. The maximum Gasteiger partial charge on any atom is 0.253 e. The Kier molecular flexibility index (Phi) is 6.17. The Morgan fingerprint density at radius 1 is 0.962 bits per heavy atom. The minimum atomic E-state index is -0.175. The lowest BCUT2D eigenvalue weighted by Gasteiger charge is -2.26. The Morgan fingerprint density at radius 2 is 1.73 bits per heavy atom. The van der Waals surface area contributed by atoms with Gasteiger partial charge in [0.2, 0.25) is 5.91 Å². The Labute approximate surface area is 163 Å². The molecular weight excluding hydrogens is 371 g/mol. The molecule has 0 aromatic heterocycles. The van der Waals surface area contributed by atoms with Crippen LogP contribution in [-0.4, -0.2) is 29.8 Å². The quantitative estimate of drug-likeness (QED) is 0.814. The summed E-state index contributed by atoms with van der Waals surface area (Å²) in [7, 11) is 0. The second-order valence-corrected chi connectivity index (χ2v) is 7.22. The molecule has 0 aliphatic carbocycles. The summed E-state index contributed by atoms with van der Waals surface area (Å²) in [6, 6.07) is 12.2. The molecular formula is C20H20Cl2N2O2. The first kappa shape index (κ1) is 18.7. The minimum Gasteiger partial charge on any atom is -0.339 e. The molecule has 2 aromatic carbocycles. The molecule has 26 heavy (non-hydrogen) atoms. The first-order valence-corrected chi connectivity index (χ1v) is 9.41. The van der Waals surface area contributed by atoms with Crippen molar-refractivity contribution in [3.05, 3.63) is 63.6 Å². The number of halogens is 2. The number of anilines is 1. The van der Waals surface area contributed by atoms with Gasteiger partial charge in [0.05, 0.1) is 16.5 Å². The Bertz CT molecular complexity index is 817. The number of hydrogen-bond donors (Lipinski definition) is 1. The average Bonchev–Trinajstić information content (AvgIpc) is 2.65. The molecule has 2 aromatic rings. The van der Waals surface area contributed by atoms with Crippen LogP contribution in [0.2, 0.25) is 10.0 Å². The van der Waals surface area contributed by atoms with Gasteiger partial charge in [-0.3, -0.25) is 9.59 Å². The van der Waals surface area contributed by atoms with Gasteiger partial charge in [0.15, 0.2) is 0 Å². The van der Waals surface area contributed by atoms with Gasteiger partial charge in [0.25, 0.3) is 5.91 Å². The van der Waals surface area contributed by atoms with Gasteiger partial charge in [-0.2, -0.15) is 0 Å². The molecule has 0 spiro atoms. The van der Waals surface area contributed by atoms with E-state index in [1.807, 2.05) is 4.90 Å². The van der Waals surface area contributed by atoms with Crippen LogP contribution in [-0.2, 0) is 11.2 Å². The Balaban J connectivity index is 1.65. The molecule has 1 heterocycles. The average molecular weight is 391 g/mol. The molecule has 3 rings (SSSR count). The fourth-order valence-electron chi connectivity index (χ4n) is 3.05. The largest absolute Gasteiger partial charge is 0.339 e. The standard InChI is InChI=1S/C20H20Cl2N2O2/c21-17-8-7-14(11-18(17)22)12-19(25)23-16-6-4-5-15(13-16)20(26)24-9-2-1-3-10-24/h4-8,11,13H,1-3,9-10,12H2,(H,23,25). The number of carbonyl (C=O) groups excluding carboxylic acids is 2. The smallest absolute Gasteiger partial charge is 0.253 e. The third-order valence-corrected chi connectivity index (χ3v) is 5.12.